The van der Waals surface area contributed by atoms with Gasteiger partial charge < -0.3 is 16.6 Å². The van der Waals surface area contributed by atoms with Crippen LogP contribution in [0.2, 0.25) is 0 Å². The van der Waals surface area contributed by atoms with Crippen LogP contribution in [0.1, 0.15) is 6.92 Å². The predicted molar refractivity (Wildman–Crippen MR) is 14.9 cm³/mol. The van der Waals surface area contributed by atoms with E-state index < -0.39 is 0 Å². The van der Waals surface area contributed by atoms with Crippen molar-refractivity contribution >= 4 is 6.21 Å². The largest absolute Gasteiger partial charge is 0.447 e. The monoisotopic (exact) mass is 109 g/mol. The second-order valence-electron chi connectivity index (χ2n) is 0.324. The second kappa shape index (κ2) is 8.96. The van der Waals surface area contributed by atoms with E-state index in [2.05, 4.69) is 11.4 Å². The van der Waals surface area contributed by atoms with Gasteiger partial charge in [0, 0.05) is 18.6 Å². The molecule has 0 atom stereocenters. The molecule has 0 saturated carbocycles. The van der Waals surface area contributed by atoms with Crippen LogP contribution < -0.4 is 0 Å². The van der Waals surface area contributed by atoms with Crippen LogP contribution in [-0.4, -0.2) is 11.4 Å². The third-order valence-electron chi connectivity index (χ3n) is 0.100. The van der Waals surface area contributed by atoms with E-state index in [1.807, 2.05) is 0 Å². The molecule has 0 heterocycles. The Bertz CT molecular complexity index is 24.8. The molecule has 2 nitrogen and oxygen atoms in total. The Labute approximate surface area is 42.8 Å². The van der Waals surface area contributed by atoms with Crippen molar-refractivity contribution in [2.45, 2.75) is 6.92 Å². The fourth-order valence-electron chi connectivity index (χ4n) is 0. The zero-order chi connectivity index (χ0) is 3.41. The summed E-state index contributed by atoms with van der Waals surface area (Å²) in [6, 6.07) is 0. The molecular weight excluding hydrogens is 105 g/mol. The number of rotatable bonds is 0. The molecule has 0 aliphatic carbocycles. The van der Waals surface area contributed by atoms with Gasteiger partial charge in [0.1, 0.15) is 0 Å². The molecule has 0 aromatic rings. The molecule has 29 valence electrons. The third kappa shape index (κ3) is 15.4. The first kappa shape index (κ1) is 8.91. The van der Waals surface area contributed by atoms with Crippen LogP contribution in [0.15, 0.2) is 5.16 Å². The minimum atomic E-state index is 0. The van der Waals surface area contributed by atoms with Crippen molar-refractivity contribution in [1.82, 2.24) is 0 Å². The summed E-state index contributed by atoms with van der Waals surface area (Å²) in [4.78, 5) is 0. The SMILES string of the molecule is C[C-]=NO.[V]. The topological polar surface area (TPSA) is 32.6 Å². The van der Waals surface area contributed by atoms with Gasteiger partial charge in [0.15, 0.2) is 0 Å². The van der Waals surface area contributed by atoms with Gasteiger partial charge in [-0.1, -0.05) is 0 Å². The summed E-state index contributed by atoms with van der Waals surface area (Å²) in [6.07, 6.45) is 2.11. The van der Waals surface area contributed by atoms with Gasteiger partial charge in [-0.15, -0.1) is 0 Å². The first-order valence-electron chi connectivity index (χ1n) is 0.924. The van der Waals surface area contributed by atoms with E-state index in [1.165, 1.54) is 6.92 Å². The molecule has 0 aliphatic heterocycles. The molecule has 5 heavy (non-hydrogen) atoms. The van der Waals surface area contributed by atoms with Crippen molar-refractivity contribution in [2.75, 3.05) is 0 Å². The van der Waals surface area contributed by atoms with Crippen LogP contribution >= 0.6 is 0 Å². The van der Waals surface area contributed by atoms with Gasteiger partial charge in [-0.3, -0.25) is 0 Å². The first-order chi connectivity index (χ1) is 1.91. The average Bonchev–Trinajstić information content (AvgIpc) is 1.37. The van der Waals surface area contributed by atoms with Gasteiger partial charge >= 0.3 is 0 Å². The number of nitrogens with zero attached hydrogens (tertiary/aromatic N) is 1. The fraction of sp³-hybridized carbons (Fsp3) is 0.500. The van der Waals surface area contributed by atoms with Crippen molar-refractivity contribution in [3.8, 4) is 0 Å². The molecule has 1 N–H and O–H groups in total. The Morgan fingerprint density at radius 2 is 2.00 bits per heavy atom. The minimum absolute atomic E-state index is 0. The molecule has 0 aromatic heterocycles. The van der Waals surface area contributed by atoms with Crippen LogP contribution in [-0.2, 0) is 18.6 Å². The molecule has 0 aliphatic rings. The van der Waals surface area contributed by atoms with E-state index in [0.29, 0.717) is 0 Å². The second-order valence-corrected chi connectivity index (χ2v) is 0.324. The predicted octanol–water partition coefficient (Wildman–Crippen LogP) is 0.341. The average molecular weight is 109 g/mol. The van der Waals surface area contributed by atoms with Crippen molar-refractivity contribution < 1.29 is 23.8 Å². The van der Waals surface area contributed by atoms with E-state index in [1.54, 1.807) is 0 Å². The Balaban J connectivity index is 0. The van der Waals surface area contributed by atoms with E-state index in [-0.39, 0.29) is 18.6 Å². The van der Waals surface area contributed by atoms with Crippen molar-refractivity contribution in [3.63, 3.8) is 0 Å². The van der Waals surface area contributed by atoms with Crippen LogP contribution in [0, 0.1) is 0 Å². The third-order valence-corrected chi connectivity index (χ3v) is 0.100. The Morgan fingerprint density at radius 1 is 1.80 bits per heavy atom. The maximum atomic E-state index is 7.39. The van der Waals surface area contributed by atoms with Crippen molar-refractivity contribution in [2.24, 2.45) is 5.16 Å². The maximum Gasteiger partial charge on any atom is 0 e. The summed E-state index contributed by atoms with van der Waals surface area (Å²) in [7, 11) is 0. The summed E-state index contributed by atoms with van der Waals surface area (Å²) in [5.41, 5.74) is 0. The van der Waals surface area contributed by atoms with Gasteiger partial charge in [-0.05, 0) is 0 Å². The molecule has 0 saturated heterocycles. The molecule has 3 heteroatoms. The zero-order valence-corrected chi connectivity index (χ0v) is 4.24. The summed E-state index contributed by atoms with van der Waals surface area (Å²) in [5.74, 6) is 0. The summed E-state index contributed by atoms with van der Waals surface area (Å²) >= 11 is 0. The van der Waals surface area contributed by atoms with Crippen LogP contribution in [0.25, 0.3) is 0 Å². The van der Waals surface area contributed by atoms with Crippen molar-refractivity contribution in [3.05, 3.63) is 0 Å². The molecule has 0 amide bonds. The Kier molecular flexibility index (Phi) is 16.0. The van der Waals surface area contributed by atoms with E-state index in [9.17, 15) is 0 Å². The Morgan fingerprint density at radius 3 is 2.00 bits per heavy atom. The zero-order valence-electron chi connectivity index (χ0n) is 2.84. The molecule has 0 aromatic carbocycles. The van der Waals surface area contributed by atoms with Crippen LogP contribution in [0.4, 0.5) is 0 Å². The summed E-state index contributed by atoms with van der Waals surface area (Å²) < 4.78 is 0. The van der Waals surface area contributed by atoms with Gasteiger partial charge in [-0.25, -0.2) is 0 Å². The molecule has 1 radical (unpaired) electrons. The van der Waals surface area contributed by atoms with Gasteiger partial charge in [0.05, 0.1) is 0 Å². The van der Waals surface area contributed by atoms with E-state index >= 15 is 0 Å². The fourth-order valence-corrected chi connectivity index (χ4v) is 0. The molecule has 0 spiro atoms. The quantitative estimate of drug-likeness (QED) is 0.207. The molecule has 0 fully saturated rings. The molecule has 0 rings (SSSR count). The van der Waals surface area contributed by atoms with Crippen molar-refractivity contribution in [1.29, 1.82) is 0 Å². The number of hydrogen-bond acceptors (Lipinski definition) is 2. The summed E-state index contributed by atoms with van der Waals surface area (Å²) in [6.45, 7) is 1.51. The smallest absolute Gasteiger partial charge is 0 e. The van der Waals surface area contributed by atoms with Gasteiger partial charge in [-0.2, -0.15) is 6.92 Å². The number of hydrogen-bond donors (Lipinski definition) is 1. The normalized spacial score (nSPS) is 7.40. The summed E-state index contributed by atoms with van der Waals surface area (Å²) in [5, 5.41) is 9.88. The Hall–Kier alpha value is 0.0544. The molecule has 0 unspecified atom stereocenters. The molecule has 0 bridgehead atoms. The standard InChI is InChI=1S/C2H4NO.V/c1-2-3-4;/h4H,1H3;/q-1;. The van der Waals surface area contributed by atoms with Crippen LogP contribution in [0.3, 0.4) is 0 Å². The van der Waals surface area contributed by atoms with Gasteiger partial charge in [0.2, 0.25) is 0 Å². The maximum absolute atomic E-state index is 7.39. The van der Waals surface area contributed by atoms with Gasteiger partial charge in [0.25, 0.3) is 0 Å². The van der Waals surface area contributed by atoms with E-state index in [0.717, 1.165) is 0 Å². The molecular formula is C2H4NOV-. The first-order valence-corrected chi connectivity index (χ1v) is 0.924. The van der Waals surface area contributed by atoms with Crippen LogP contribution in [0.5, 0.6) is 0 Å². The minimum Gasteiger partial charge on any atom is -0.447 e. The van der Waals surface area contributed by atoms with E-state index in [4.69, 9.17) is 5.21 Å².